The highest BCUT2D eigenvalue weighted by atomic mass is 32.1. The van der Waals surface area contributed by atoms with Crippen molar-refractivity contribution in [3.8, 4) is 21.8 Å². The van der Waals surface area contributed by atoms with Gasteiger partial charge in [-0.3, -0.25) is 9.78 Å². The molecule has 0 saturated carbocycles. The summed E-state index contributed by atoms with van der Waals surface area (Å²) in [4.78, 5) is 20.2. The highest BCUT2D eigenvalue weighted by molar-refractivity contribution is 7.13. The van der Waals surface area contributed by atoms with Gasteiger partial charge in [-0.05, 0) is 30.7 Å². The minimum absolute atomic E-state index is 0.421. The second-order valence-electron chi connectivity index (χ2n) is 5.27. The molecule has 5 heteroatoms. The van der Waals surface area contributed by atoms with Gasteiger partial charge in [0.05, 0.1) is 5.69 Å². The Labute approximate surface area is 139 Å². The molecule has 0 aliphatic rings. The zero-order valence-electron chi connectivity index (χ0n) is 12.8. The number of thiazole rings is 1. The number of nitrogens with zero attached hydrogens (tertiary/aromatic N) is 2. The third kappa shape index (κ3) is 3.46. The molecule has 0 unspecified atom stereocenters. The quantitative estimate of drug-likeness (QED) is 0.773. The Morgan fingerprint density at radius 1 is 1.17 bits per heavy atom. The number of aryl methyl sites for hydroxylation is 1. The van der Waals surface area contributed by atoms with E-state index in [0.29, 0.717) is 5.56 Å². The van der Waals surface area contributed by atoms with Crippen molar-refractivity contribution in [1.82, 2.24) is 9.97 Å². The Hall–Kier alpha value is -2.53. The van der Waals surface area contributed by atoms with Gasteiger partial charge in [0, 0.05) is 34.0 Å². The monoisotopic (exact) mass is 323 g/mol. The molecule has 0 aliphatic heterocycles. The number of primary amides is 1. The number of rotatable bonds is 5. The lowest BCUT2D eigenvalue weighted by Crippen LogP contribution is -2.10. The normalized spacial score (nSPS) is 10.7. The number of benzene rings is 1. The Bertz CT molecular complexity index is 824. The Morgan fingerprint density at radius 2 is 1.96 bits per heavy atom. The summed E-state index contributed by atoms with van der Waals surface area (Å²) in [6.07, 6.45) is 3.88. The van der Waals surface area contributed by atoms with Crippen molar-refractivity contribution in [1.29, 1.82) is 0 Å². The van der Waals surface area contributed by atoms with Gasteiger partial charge >= 0.3 is 0 Å². The van der Waals surface area contributed by atoms with Crippen LogP contribution in [0.3, 0.4) is 0 Å². The standard InChI is InChI=1S/C18H17N3OS/c1-2-3-15-10-14(8-9-20-15)18-21-16(11-23-18)12-4-6-13(7-5-12)17(19)22/h4-11H,2-3H2,1H3,(H2,19,22). The number of pyridine rings is 1. The maximum absolute atomic E-state index is 11.1. The predicted octanol–water partition coefficient (Wildman–Crippen LogP) is 3.92. The van der Waals surface area contributed by atoms with E-state index in [-0.39, 0.29) is 0 Å². The molecule has 23 heavy (non-hydrogen) atoms. The molecule has 1 amide bonds. The van der Waals surface area contributed by atoms with Crippen LogP contribution in [0.2, 0.25) is 0 Å². The molecule has 0 fully saturated rings. The van der Waals surface area contributed by atoms with Gasteiger partial charge in [0.2, 0.25) is 5.91 Å². The van der Waals surface area contributed by atoms with Gasteiger partial charge in [0.1, 0.15) is 5.01 Å². The summed E-state index contributed by atoms with van der Waals surface area (Å²) in [5.41, 5.74) is 9.82. The van der Waals surface area contributed by atoms with E-state index in [9.17, 15) is 4.79 Å². The van der Waals surface area contributed by atoms with Crippen LogP contribution < -0.4 is 5.73 Å². The van der Waals surface area contributed by atoms with E-state index >= 15 is 0 Å². The van der Waals surface area contributed by atoms with Crippen molar-refractivity contribution in [3.05, 3.63) is 59.2 Å². The minimum Gasteiger partial charge on any atom is -0.366 e. The van der Waals surface area contributed by atoms with Crippen LogP contribution in [0.5, 0.6) is 0 Å². The maximum Gasteiger partial charge on any atom is 0.248 e. The third-order valence-corrected chi connectivity index (χ3v) is 4.43. The van der Waals surface area contributed by atoms with E-state index in [1.54, 1.807) is 23.5 Å². The van der Waals surface area contributed by atoms with Crippen LogP contribution in [0.1, 0.15) is 29.4 Å². The molecule has 3 rings (SSSR count). The van der Waals surface area contributed by atoms with Crippen LogP contribution in [0, 0.1) is 0 Å². The van der Waals surface area contributed by atoms with E-state index in [1.807, 2.05) is 29.8 Å². The van der Waals surface area contributed by atoms with Gasteiger partial charge in [-0.15, -0.1) is 11.3 Å². The zero-order valence-corrected chi connectivity index (χ0v) is 13.6. The van der Waals surface area contributed by atoms with Crippen molar-refractivity contribution in [3.63, 3.8) is 0 Å². The molecular weight excluding hydrogens is 306 g/mol. The fraction of sp³-hybridized carbons (Fsp3) is 0.167. The Kier molecular flexibility index (Phi) is 4.48. The van der Waals surface area contributed by atoms with Crippen LogP contribution in [0.4, 0.5) is 0 Å². The molecular formula is C18H17N3OS. The SMILES string of the molecule is CCCc1cc(-c2nc(-c3ccc(C(N)=O)cc3)cs2)ccn1. The summed E-state index contributed by atoms with van der Waals surface area (Å²) in [5, 5.41) is 2.99. The number of carbonyl (C=O) groups excluding carboxylic acids is 1. The second-order valence-corrected chi connectivity index (χ2v) is 6.12. The molecule has 0 spiro atoms. The first-order chi connectivity index (χ1) is 11.2. The van der Waals surface area contributed by atoms with Crippen molar-refractivity contribution < 1.29 is 4.79 Å². The average Bonchev–Trinajstić information content (AvgIpc) is 3.05. The Balaban J connectivity index is 1.88. The molecule has 0 atom stereocenters. The van der Waals surface area contributed by atoms with Crippen LogP contribution in [0.25, 0.3) is 21.8 Å². The molecule has 2 N–H and O–H groups in total. The van der Waals surface area contributed by atoms with Crippen LogP contribution in [-0.4, -0.2) is 15.9 Å². The number of hydrogen-bond acceptors (Lipinski definition) is 4. The first-order valence-electron chi connectivity index (χ1n) is 7.48. The Morgan fingerprint density at radius 3 is 2.65 bits per heavy atom. The third-order valence-electron chi connectivity index (χ3n) is 3.54. The van der Waals surface area contributed by atoms with E-state index in [4.69, 9.17) is 10.7 Å². The van der Waals surface area contributed by atoms with Crippen LogP contribution in [-0.2, 0) is 6.42 Å². The smallest absolute Gasteiger partial charge is 0.248 e. The summed E-state index contributed by atoms with van der Waals surface area (Å²) in [6, 6.07) is 11.3. The number of nitrogens with two attached hydrogens (primary N) is 1. The first kappa shape index (κ1) is 15.4. The maximum atomic E-state index is 11.1. The highest BCUT2D eigenvalue weighted by Gasteiger charge is 2.08. The van der Waals surface area contributed by atoms with E-state index in [2.05, 4.69) is 18.0 Å². The summed E-state index contributed by atoms with van der Waals surface area (Å²) < 4.78 is 0. The molecule has 0 aliphatic carbocycles. The molecule has 116 valence electrons. The summed E-state index contributed by atoms with van der Waals surface area (Å²) in [6.45, 7) is 2.14. The molecule has 0 saturated heterocycles. The number of hydrogen-bond donors (Lipinski definition) is 1. The van der Waals surface area contributed by atoms with Gasteiger partial charge in [-0.2, -0.15) is 0 Å². The molecule has 4 nitrogen and oxygen atoms in total. The number of aromatic nitrogens is 2. The molecule has 0 radical (unpaired) electrons. The lowest BCUT2D eigenvalue weighted by atomic mass is 10.1. The van der Waals surface area contributed by atoms with Gasteiger partial charge in [-0.25, -0.2) is 4.98 Å². The van der Waals surface area contributed by atoms with Crippen molar-refractivity contribution in [2.45, 2.75) is 19.8 Å². The van der Waals surface area contributed by atoms with Gasteiger partial charge in [0.25, 0.3) is 0 Å². The highest BCUT2D eigenvalue weighted by Crippen LogP contribution is 2.29. The molecule has 3 aromatic rings. The van der Waals surface area contributed by atoms with Crippen LogP contribution in [0.15, 0.2) is 48.0 Å². The van der Waals surface area contributed by atoms with Gasteiger partial charge in [-0.1, -0.05) is 25.5 Å². The summed E-state index contributed by atoms with van der Waals surface area (Å²) in [7, 11) is 0. The van der Waals surface area contributed by atoms with E-state index in [0.717, 1.165) is 40.4 Å². The fourth-order valence-corrected chi connectivity index (χ4v) is 3.17. The summed E-state index contributed by atoms with van der Waals surface area (Å²) in [5.74, 6) is -0.421. The first-order valence-corrected chi connectivity index (χ1v) is 8.36. The largest absolute Gasteiger partial charge is 0.366 e. The lowest BCUT2D eigenvalue weighted by Gasteiger charge is -2.01. The van der Waals surface area contributed by atoms with E-state index in [1.165, 1.54) is 0 Å². The van der Waals surface area contributed by atoms with Gasteiger partial charge in [0.15, 0.2) is 0 Å². The lowest BCUT2D eigenvalue weighted by molar-refractivity contribution is 0.100. The predicted molar refractivity (Wildman–Crippen MR) is 93.3 cm³/mol. The topological polar surface area (TPSA) is 68.9 Å². The van der Waals surface area contributed by atoms with Crippen molar-refractivity contribution in [2.75, 3.05) is 0 Å². The second kappa shape index (κ2) is 6.71. The molecule has 2 aromatic heterocycles. The minimum atomic E-state index is -0.421. The van der Waals surface area contributed by atoms with Gasteiger partial charge < -0.3 is 5.73 Å². The van der Waals surface area contributed by atoms with Crippen LogP contribution >= 0.6 is 11.3 Å². The van der Waals surface area contributed by atoms with Crippen molar-refractivity contribution >= 4 is 17.2 Å². The molecule has 0 bridgehead atoms. The van der Waals surface area contributed by atoms with Crippen molar-refractivity contribution in [2.24, 2.45) is 5.73 Å². The summed E-state index contributed by atoms with van der Waals surface area (Å²) >= 11 is 1.60. The number of carbonyl (C=O) groups is 1. The molecule has 1 aromatic carbocycles. The fourth-order valence-electron chi connectivity index (χ4n) is 2.35. The molecule has 2 heterocycles. The average molecular weight is 323 g/mol. The van der Waals surface area contributed by atoms with E-state index < -0.39 is 5.91 Å². The zero-order chi connectivity index (χ0) is 16.2. The number of amides is 1.